The average molecular weight is 297 g/mol. The van der Waals surface area contributed by atoms with E-state index in [1.165, 1.54) is 0 Å². The monoisotopic (exact) mass is 297 g/mol. The summed E-state index contributed by atoms with van der Waals surface area (Å²) < 4.78 is 27.1. The second-order valence-electron chi connectivity index (χ2n) is 6.00. The van der Waals surface area contributed by atoms with Crippen molar-refractivity contribution >= 4 is 10.0 Å². The third-order valence-corrected chi connectivity index (χ3v) is 5.74. The summed E-state index contributed by atoms with van der Waals surface area (Å²) in [6, 6.07) is 6.87. The van der Waals surface area contributed by atoms with Gasteiger partial charge in [-0.25, -0.2) is 13.1 Å². The zero-order valence-electron chi connectivity index (χ0n) is 12.1. The summed E-state index contributed by atoms with van der Waals surface area (Å²) in [5.41, 5.74) is -0.188. The number of aryl methyl sites for hydroxylation is 1. The maximum atomic E-state index is 12.3. The van der Waals surface area contributed by atoms with Crippen LogP contribution in [0.15, 0.2) is 29.2 Å². The van der Waals surface area contributed by atoms with E-state index in [-0.39, 0.29) is 11.4 Å². The number of nitrogens with one attached hydrogen (secondary N) is 1. The second kappa shape index (κ2) is 5.84. The lowest BCUT2D eigenvalue weighted by molar-refractivity contribution is -0.00183. The van der Waals surface area contributed by atoms with Gasteiger partial charge in [0.1, 0.15) is 0 Å². The fourth-order valence-corrected chi connectivity index (χ4v) is 4.01. The zero-order valence-corrected chi connectivity index (χ0v) is 12.9. The van der Waals surface area contributed by atoms with Gasteiger partial charge in [-0.1, -0.05) is 25.1 Å². The van der Waals surface area contributed by atoms with E-state index in [1.807, 2.05) is 6.07 Å². The van der Waals surface area contributed by atoms with Crippen molar-refractivity contribution in [2.24, 2.45) is 5.92 Å². The first-order chi connectivity index (χ1) is 9.32. The molecule has 2 rings (SSSR count). The number of hydrogen-bond acceptors (Lipinski definition) is 3. The Labute approximate surface area is 121 Å². The van der Waals surface area contributed by atoms with Gasteiger partial charge in [-0.05, 0) is 50.2 Å². The summed E-state index contributed by atoms with van der Waals surface area (Å²) in [4.78, 5) is 0.285. The van der Waals surface area contributed by atoms with Crippen LogP contribution in [0.25, 0.3) is 0 Å². The Balaban J connectivity index is 2.05. The molecule has 0 radical (unpaired) electrons. The molecule has 4 nitrogen and oxygen atoms in total. The van der Waals surface area contributed by atoms with E-state index in [0.717, 1.165) is 12.8 Å². The number of benzene rings is 1. The fraction of sp³-hybridized carbons (Fsp3) is 0.600. The van der Waals surface area contributed by atoms with Gasteiger partial charge in [0.15, 0.2) is 0 Å². The second-order valence-corrected chi connectivity index (χ2v) is 7.73. The van der Waals surface area contributed by atoms with Crippen molar-refractivity contribution in [2.75, 3.05) is 6.54 Å². The van der Waals surface area contributed by atoms with Crippen LogP contribution < -0.4 is 4.72 Å². The Morgan fingerprint density at radius 3 is 2.50 bits per heavy atom. The van der Waals surface area contributed by atoms with Crippen LogP contribution in [0.3, 0.4) is 0 Å². The van der Waals surface area contributed by atoms with Crippen LogP contribution in [0.1, 0.15) is 38.2 Å². The molecule has 1 fully saturated rings. The van der Waals surface area contributed by atoms with E-state index >= 15 is 0 Å². The van der Waals surface area contributed by atoms with Crippen molar-refractivity contribution in [3.05, 3.63) is 29.8 Å². The van der Waals surface area contributed by atoms with E-state index in [2.05, 4.69) is 11.6 Å². The number of aliphatic hydroxyl groups is 1. The van der Waals surface area contributed by atoms with Gasteiger partial charge in [-0.15, -0.1) is 0 Å². The molecule has 0 amide bonds. The van der Waals surface area contributed by atoms with Gasteiger partial charge in [0.2, 0.25) is 10.0 Å². The molecule has 5 heteroatoms. The molecule has 20 heavy (non-hydrogen) atoms. The van der Waals surface area contributed by atoms with Gasteiger partial charge >= 0.3 is 0 Å². The van der Waals surface area contributed by atoms with Gasteiger partial charge in [-0.3, -0.25) is 0 Å². The normalized spacial score (nSPS) is 27.4. The predicted molar refractivity (Wildman–Crippen MR) is 78.9 cm³/mol. The highest BCUT2D eigenvalue weighted by atomic mass is 32.2. The molecule has 112 valence electrons. The number of hydrogen-bond donors (Lipinski definition) is 2. The maximum Gasteiger partial charge on any atom is 0.240 e. The third kappa shape index (κ3) is 3.59. The number of rotatable bonds is 4. The molecule has 0 unspecified atom stereocenters. The largest absolute Gasteiger partial charge is 0.389 e. The molecule has 0 aliphatic heterocycles. The van der Waals surface area contributed by atoms with Gasteiger partial charge in [0.05, 0.1) is 10.5 Å². The quantitative estimate of drug-likeness (QED) is 0.895. The minimum absolute atomic E-state index is 0.0936. The smallest absolute Gasteiger partial charge is 0.240 e. The van der Waals surface area contributed by atoms with Gasteiger partial charge < -0.3 is 5.11 Å². The molecule has 1 saturated carbocycles. The Bertz CT molecular complexity index is 560. The molecular formula is C15H23NO3S. The first-order valence-corrected chi connectivity index (χ1v) is 8.58. The third-order valence-electron chi connectivity index (χ3n) is 4.18. The lowest BCUT2D eigenvalue weighted by Crippen LogP contribution is -2.45. The van der Waals surface area contributed by atoms with Crippen LogP contribution in [0.5, 0.6) is 0 Å². The lowest BCUT2D eigenvalue weighted by atomic mass is 9.80. The summed E-state index contributed by atoms with van der Waals surface area (Å²) in [5.74, 6) is 0.614. The van der Waals surface area contributed by atoms with Crippen molar-refractivity contribution in [1.82, 2.24) is 4.72 Å². The molecule has 0 saturated heterocycles. The molecule has 1 aliphatic rings. The summed E-state index contributed by atoms with van der Waals surface area (Å²) in [7, 11) is -3.55. The Kier molecular flexibility index (Phi) is 4.52. The molecule has 0 bridgehead atoms. The van der Waals surface area contributed by atoms with Gasteiger partial charge in [0.25, 0.3) is 0 Å². The highest BCUT2D eigenvalue weighted by molar-refractivity contribution is 7.89. The maximum absolute atomic E-state index is 12.3. The minimum Gasteiger partial charge on any atom is -0.389 e. The molecule has 2 N–H and O–H groups in total. The average Bonchev–Trinajstić information content (AvgIpc) is 2.41. The van der Waals surface area contributed by atoms with Crippen LogP contribution in [-0.4, -0.2) is 25.7 Å². The molecule has 1 aliphatic carbocycles. The van der Waals surface area contributed by atoms with E-state index in [0.29, 0.717) is 24.3 Å². The van der Waals surface area contributed by atoms with Gasteiger partial charge in [0, 0.05) is 6.54 Å². The van der Waals surface area contributed by atoms with E-state index < -0.39 is 15.6 Å². The number of sulfonamides is 1. The Morgan fingerprint density at radius 2 is 1.90 bits per heavy atom. The van der Waals surface area contributed by atoms with Crippen LogP contribution in [0.4, 0.5) is 0 Å². The minimum atomic E-state index is -3.55. The summed E-state index contributed by atoms with van der Waals surface area (Å²) in [5, 5.41) is 10.4. The zero-order chi connectivity index (χ0) is 14.8. The molecule has 0 spiro atoms. The van der Waals surface area contributed by atoms with Gasteiger partial charge in [-0.2, -0.15) is 0 Å². The SMILES string of the molecule is Cc1ccccc1S(=O)(=O)NCC1(O)CCC(C)CC1. The fourth-order valence-electron chi connectivity index (χ4n) is 2.64. The predicted octanol–water partition coefficient (Wildman–Crippen LogP) is 2.21. The molecule has 1 aromatic rings. The standard InChI is InChI=1S/C15H23NO3S/c1-12-7-9-15(17,10-8-12)11-16-20(18,19)14-6-4-3-5-13(14)2/h3-6,12,16-17H,7-11H2,1-2H3. The Morgan fingerprint density at radius 1 is 1.30 bits per heavy atom. The van der Waals surface area contributed by atoms with Crippen LogP contribution in [0.2, 0.25) is 0 Å². The van der Waals surface area contributed by atoms with Crippen molar-refractivity contribution in [1.29, 1.82) is 0 Å². The van der Waals surface area contributed by atoms with Crippen molar-refractivity contribution in [2.45, 2.75) is 50.0 Å². The molecular weight excluding hydrogens is 274 g/mol. The van der Waals surface area contributed by atoms with E-state index in [9.17, 15) is 13.5 Å². The lowest BCUT2D eigenvalue weighted by Gasteiger charge is -2.34. The molecule has 0 atom stereocenters. The first kappa shape index (κ1) is 15.5. The van der Waals surface area contributed by atoms with Crippen molar-refractivity contribution in [3.63, 3.8) is 0 Å². The summed E-state index contributed by atoms with van der Waals surface area (Å²) >= 11 is 0. The van der Waals surface area contributed by atoms with Crippen LogP contribution >= 0.6 is 0 Å². The highest BCUT2D eigenvalue weighted by Crippen LogP contribution is 2.31. The summed E-state index contributed by atoms with van der Waals surface area (Å²) in [6.07, 6.45) is 3.21. The molecule has 0 aromatic heterocycles. The summed E-state index contributed by atoms with van der Waals surface area (Å²) in [6.45, 7) is 4.03. The Hall–Kier alpha value is -0.910. The van der Waals surface area contributed by atoms with E-state index in [4.69, 9.17) is 0 Å². The van der Waals surface area contributed by atoms with Crippen molar-refractivity contribution < 1.29 is 13.5 Å². The van der Waals surface area contributed by atoms with E-state index in [1.54, 1.807) is 25.1 Å². The van der Waals surface area contributed by atoms with Crippen LogP contribution in [-0.2, 0) is 10.0 Å². The molecule has 1 aromatic carbocycles. The topological polar surface area (TPSA) is 66.4 Å². The highest BCUT2D eigenvalue weighted by Gasteiger charge is 2.33. The van der Waals surface area contributed by atoms with Crippen LogP contribution in [0, 0.1) is 12.8 Å². The van der Waals surface area contributed by atoms with Crippen molar-refractivity contribution in [3.8, 4) is 0 Å². The first-order valence-electron chi connectivity index (χ1n) is 7.10. The molecule has 0 heterocycles.